The average Bonchev–Trinajstić information content (AvgIpc) is 2.57. The number of nitriles is 1. The van der Waals surface area contributed by atoms with Gasteiger partial charge in [-0.2, -0.15) is 5.26 Å². The first-order valence-corrected chi connectivity index (χ1v) is 8.90. The molecule has 1 aliphatic carbocycles. The number of rotatable bonds is 4. The lowest BCUT2D eigenvalue weighted by Gasteiger charge is -2.27. The Morgan fingerprint density at radius 3 is 2.76 bits per heavy atom. The minimum Gasteiger partial charge on any atom is -0.366 e. The third-order valence-electron chi connectivity index (χ3n) is 4.89. The summed E-state index contributed by atoms with van der Waals surface area (Å²) in [5.74, 6) is 1.76. The van der Waals surface area contributed by atoms with E-state index < -0.39 is 0 Å². The Morgan fingerprint density at radius 2 is 2.08 bits per heavy atom. The van der Waals surface area contributed by atoms with Crippen molar-refractivity contribution in [2.45, 2.75) is 52.0 Å². The van der Waals surface area contributed by atoms with E-state index in [0.717, 1.165) is 24.3 Å². The molecule has 5 heteroatoms. The Bertz CT molecular complexity index is 842. The van der Waals surface area contributed by atoms with E-state index in [1.165, 1.54) is 18.4 Å². The molecule has 130 valence electrons. The van der Waals surface area contributed by atoms with Gasteiger partial charge in [-0.25, -0.2) is 4.98 Å². The van der Waals surface area contributed by atoms with Crippen LogP contribution in [0.1, 0.15) is 55.1 Å². The first kappa shape index (κ1) is 17.2. The van der Waals surface area contributed by atoms with Crippen LogP contribution in [0.3, 0.4) is 0 Å². The molecule has 1 fully saturated rings. The highest BCUT2D eigenvalue weighted by Gasteiger charge is 2.21. The minimum atomic E-state index is -0.369. The molecule has 2 aromatic rings. The molecular formula is C20H24N4O. The van der Waals surface area contributed by atoms with E-state index in [9.17, 15) is 10.1 Å². The number of hydrogen-bond donors (Lipinski definition) is 2. The van der Waals surface area contributed by atoms with Gasteiger partial charge >= 0.3 is 0 Å². The van der Waals surface area contributed by atoms with Crippen molar-refractivity contribution >= 4 is 5.82 Å². The van der Waals surface area contributed by atoms with E-state index in [1.807, 2.05) is 31.2 Å². The van der Waals surface area contributed by atoms with E-state index in [1.54, 1.807) is 0 Å². The van der Waals surface area contributed by atoms with Crippen molar-refractivity contribution in [1.82, 2.24) is 9.97 Å². The number of benzene rings is 1. The van der Waals surface area contributed by atoms with E-state index in [4.69, 9.17) is 0 Å². The molecule has 25 heavy (non-hydrogen) atoms. The summed E-state index contributed by atoms with van der Waals surface area (Å²) >= 11 is 0. The second kappa shape index (κ2) is 7.52. The molecule has 0 bridgehead atoms. The number of H-pyrrole nitrogens is 1. The summed E-state index contributed by atoms with van der Waals surface area (Å²) in [6.07, 6.45) is 4.97. The zero-order valence-corrected chi connectivity index (χ0v) is 14.8. The number of nitrogens with one attached hydrogen (secondary N) is 2. The molecule has 1 aromatic heterocycles. The van der Waals surface area contributed by atoms with Gasteiger partial charge in [-0.15, -0.1) is 0 Å². The third-order valence-corrected chi connectivity index (χ3v) is 4.89. The van der Waals surface area contributed by atoms with E-state index in [0.29, 0.717) is 18.1 Å². The quantitative estimate of drug-likeness (QED) is 0.895. The van der Waals surface area contributed by atoms with Gasteiger partial charge in [0.15, 0.2) is 11.4 Å². The van der Waals surface area contributed by atoms with Crippen molar-refractivity contribution in [1.29, 1.82) is 5.26 Å². The van der Waals surface area contributed by atoms with E-state index >= 15 is 0 Å². The molecule has 0 unspecified atom stereocenters. The van der Waals surface area contributed by atoms with Crippen molar-refractivity contribution in [2.24, 2.45) is 5.92 Å². The molecule has 0 radical (unpaired) electrons. The maximum atomic E-state index is 12.3. The fraction of sp³-hybridized carbons (Fsp3) is 0.450. The summed E-state index contributed by atoms with van der Waals surface area (Å²) in [7, 11) is 0. The summed E-state index contributed by atoms with van der Waals surface area (Å²) < 4.78 is 0. The van der Waals surface area contributed by atoms with Crippen LogP contribution in [0.15, 0.2) is 29.1 Å². The molecule has 1 aliphatic rings. The standard InChI is InChI=1S/C20H24N4O/c1-13-6-8-16(9-7-13)22-19-17(12-21)20(25)24-18(23-19)11-15-5-3-4-14(2)10-15/h3-5,10,13,16H,6-9,11H2,1-2H3,(H2,22,23,24,25). The van der Waals surface area contributed by atoms with E-state index in [-0.39, 0.29) is 17.2 Å². The van der Waals surface area contributed by atoms with Crippen LogP contribution in [0.5, 0.6) is 0 Å². The number of hydrogen-bond acceptors (Lipinski definition) is 4. The smallest absolute Gasteiger partial charge is 0.271 e. The van der Waals surface area contributed by atoms with Crippen molar-refractivity contribution in [3.8, 4) is 6.07 Å². The molecule has 0 aliphatic heterocycles. The molecular weight excluding hydrogens is 312 g/mol. The molecule has 0 amide bonds. The summed E-state index contributed by atoms with van der Waals surface area (Å²) in [6, 6.07) is 10.4. The fourth-order valence-electron chi connectivity index (χ4n) is 3.43. The summed E-state index contributed by atoms with van der Waals surface area (Å²) in [6.45, 7) is 4.30. The maximum Gasteiger partial charge on any atom is 0.271 e. The average molecular weight is 336 g/mol. The molecule has 0 spiro atoms. The molecule has 1 aromatic carbocycles. The summed E-state index contributed by atoms with van der Waals surface area (Å²) in [5.41, 5.74) is 1.96. The molecule has 5 nitrogen and oxygen atoms in total. The summed E-state index contributed by atoms with van der Waals surface area (Å²) in [5, 5.41) is 12.7. The van der Waals surface area contributed by atoms with Crippen LogP contribution in [0.25, 0.3) is 0 Å². The number of aromatic nitrogens is 2. The second-order valence-electron chi connectivity index (χ2n) is 7.11. The van der Waals surface area contributed by atoms with Crippen molar-refractivity contribution in [3.63, 3.8) is 0 Å². The maximum absolute atomic E-state index is 12.3. The van der Waals surface area contributed by atoms with Crippen LogP contribution in [-0.2, 0) is 6.42 Å². The Labute approximate surface area is 148 Å². The van der Waals surface area contributed by atoms with Crippen LogP contribution < -0.4 is 10.9 Å². The van der Waals surface area contributed by atoms with Gasteiger partial charge in [0.2, 0.25) is 0 Å². The van der Waals surface area contributed by atoms with Crippen LogP contribution in [-0.4, -0.2) is 16.0 Å². The van der Waals surface area contributed by atoms with Crippen molar-refractivity contribution in [2.75, 3.05) is 5.32 Å². The van der Waals surface area contributed by atoms with Gasteiger partial charge in [0, 0.05) is 12.5 Å². The highest BCUT2D eigenvalue weighted by atomic mass is 16.1. The molecule has 0 atom stereocenters. The highest BCUT2D eigenvalue weighted by molar-refractivity contribution is 5.51. The normalized spacial score (nSPS) is 20.0. The van der Waals surface area contributed by atoms with Gasteiger partial charge in [0.25, 0.3) is 5.56 Å². The highest BCUT2D eigenvalue weighted by Crippen LogP contribution is 2.26. The molecule has 1 heterocycles. The van der Waals surface area contributed by atoms with Gasteiger partial charge < -0.3 is 10.3 Å². The first-order valence-electron chi connectivity index (χ1n) is 8.90. The Hall–Kier alpha value is -2.61. The zero-order valence-electron chi connectivity index (χ0n) is 14.8. The van der Waals surface area contributed by atoms with Gasteiger partial charge in [0.1, 0.15) is 11.9 Å². The van der Waals surface area contributed by atoms with Gasteiger partial charge in [0.05, 0.1) is 0 Å². The van der Waals surface area contributed by atoms with Crippen molar-refractivity contribution < 1.29 is 0 Å². The third kappa shape index (κ3) is 4.27. The van der Waals surface area contributed by atoms with Crippen LogP contribution in [0.2, 0.25) is 0 Å². The number of anilines is 1. The predicted octanol–water partition coefficient (Wildman–Crippen LogP) is 3.53. The molecule has 0 saturated heterocycles. The predicted molar refractivity (Wildman–Crippen MR) is 98.6 cm³/mol. The fourth-order valence-corrected chi connectivity index (χ4v) is 3.43. The topological polar surface area (TPSA) is 81.6 Å². The SMILES string of the molecule is Cc1cccc(Cc2nc(NC3CCC(C)CC3)c(C#N)c(=O)[nH]2)c1. The summed E-state index contributed by atoms with van der Waals surface area (Å²) in [4.78, 5) is 19.6. The minimum absolute atomic E-state index is 0.0756. The van der Waals surface area contributed by atoms with Crippen LogP contribution >= 0.6 is 0 Å². The Kier molecular flexibility index (Phi) is 5.18. The van der Waals surface area contributed by atoms with Crippen LogP contribution in [0.4, 0.5) is 5.82 Å². The van der Waals surface area contributed by atoms with Gasteiger partial charge in [-0.3, -0.25) is 4.79 Å². The lowest BCUT2D eigenvalue weighted by molar-refractivity contribution is 0.360. The van der Waals surface area contributed by atoms with Crippen LogP contribution in [0, 0.1) is 24.2 Å². The lowest BCUT2D eigenvalue weighted by Crippen LogP contribution is -2.28. The Balaban J connectivity index is 1.85. The number of aryl methyl sites for hydroxylation is 1. The second-order valence-corrected chi connectivity index (χ2v) is 7.11. The first-order chi connectivity index (χ1) is 12.0. The van der Waals surface area contributed by atoms with Crippen molar-refractivity contribution in [3.05, 3.63) is 57.1 Å². The van der Waals surface area contributed by atoms with E-state index in [2.05, 4.69) is 28.3 Å². The molecule has 3 rings (SSSR count). The largest absolute Gasteiger partial charge is 0.366 e. The zero-order chi connectivity index (χ0) is 17.8. The Morgan fingerprint density at radius 1 is 1.32 bits per heavy atom. The lowest BCUT2D eigenvalue weighted by atomic mass is 9.87. The molecule has 1 saturated carbocycles. The number of nitrogens with zero attached hydrogens (tertiary/aromatic N) is 2. The molecule has 2 N–H and O–H groups in total. The van der Waals surface area contributed by atoms with Gasteiger partial charge in [-0.1, -0.05) is 36.8 Å². The monoisotopic (exact) mass is 336 g/mol. The van der Waals surface area contributed by atoms with Gasteiger partial charge in [-0.05, 0) is 44.1 Å². The number of aromatic amines is 1.